The number of carbonyl (C=O) groups is 1. The monoisotopic (exact) mass is 263 g/mol. The third kappa shape index (κ3) is 3.26. The van der Waals surface area contributed by atoms with Gasteiger partial charge in [-0.05, 0) is 37.1 Å². The Morgan fingerprint density at radius 1 is 1.26 bits per heavy atom. The fraction of sp³-hybridized carbons (Fsp3) is 0.533. The molecule has 1 amide bonds. The average molecular weight is 263 g/mol. The molecule has 1 aromatic carbocycles. The number of ether oxygens (including phenoxy) is 1. The minimum atomic E-state index is -0.435. The van der Waals surface area contributed by atoms with E-state index < -0.39 is 5.54 Å². The van der Waals surface area contributed by atoms with Crippen molar-refractivity contribution in [2.75, 3.05) is 13.7 Å². The Morgan fingerprint density at radius 3 is 2.42 bits per heavy atom. The van der Waals surface area contributed by atoms with Crippen LogP contribution < -0.4 is 10.1 Å². The number of hydrogen-bond donors (Lipinski definition) is 2. The zero-order valence-corrected chi connectivity index (χ0v) is 11.3. The van der Waals surface area contributed by atoms with E-state index in [0.717, 1.165) is 31.4 Å². The molecule has 0 aliphatic heterocycles. The summed E-state index contributed by atoms with van der Waals surface area (Å²) in [5, 5.41) is 12.6. The molecule has 0 saturated heterocycles. The van der Waals surface area contributed by atoms with Crippen LogP contribution in [0.25, 0.3) is 0 Å². The van der Waals surface area contributed by atoms with E-state index >= 15 is 0 Å². The number of methoxy groups -OCH3 is 1. The van der Waals surface area contributed by atoms with E-state index in [1.807, 2.05) is 0 Å². The number of hydrogen-bond acceptors (Lipinski definition) is 3. The van der Waals surface area contributed by atoms with Crippen molar-refractivity contribution in [3.05, 3.63) is 29.8 Å². The van der Waals surface area contributed by atoms with Gasteiger partial charge in [-0.1, -0.05) is 19.3 Å². The molecule has 4 nitrogen and oxygen atoms in total. The number of nitrogens with one attached hydrogen (secondary N) is 1. The zero-order chi connectivity index (χ0) is 13.7. The van der Waals surface area contributed by atoms with Crippen LogP contribution in [-0.2, 0) is 0 Å². The van der Waals surface area contributed by atoms with Crippen LogP contribution in [0.2, 0.25) is 0 Å². The van der Waals surface area contributed by atoms with Gasteiger partial charge in [0.2, 0.25) is 0 Å². The van der Waals surface area contributed by atoms with Crippen LogP contribution in [-0.4, -0.2) is 30.3 Å². The molecule has 0 radical (unpaired) electrons. The molecule has 0 bridgehead atoms. The summed E-state index contributed by atoms with van der Waals surface area (Å²) >= 11 is 0. The molecule has 0 aromatic heterocycles. The van der Waals surface area contributed by atoms with Gasteiger partial charge in [0.25, 0.3) is 5.91 Å². The van der Waals surface area contributed by atoms with Crippen LogP contribution in [0.1, 0.15) is 42.5 Å². The Bertz CT molecular complexity index is 422. The SMILES string of the molecule is COc1ccc(C(=O)NC2(CO)CCCCC2)cc1. The molecule has 4 heteroatoms. The summed E-state index contributed by atoms with van der Waals surface area (Å²) in [6, 6.07) is 7.01. The van der Waals surface area contributed by atoms with Crippen molar-refractivity contribution >= 4 is 5.91 Å². The van der Waals surface area contributed by atoms with E-state index in [-0.39, 0.29) is 12.5 Å². The lowest BCUT2D eigenvalue weighted by molar-refractivity contribution is 0.0758. The van der Waals surface area contributed by atoms with Crippen molar-refractivity contribution in [2.45, 2.75) is 37.6 Å². The maximum absolute atomic E-state index is 12.2. The fourth-order valence-corrected chi connectivity index (χ4v) is 2.61. The van der Waals surface area contributed by atoms with E-state index in [1.165, 1.54) is 6.42 Å². The smallest absolute Gasteiger partial charge is 0.251 e. The summed E-state index contributed by atoms with van der Waals surface area (Å²) in [5.74, 6) is 0.602. The Hall–Kier alpha value is -1.55. The van der Waals surface area contributed by atoms with E-state index in [9.17, 15) is 9.90 Å². The molecule has 104 valence electrons. The van der Waals surface area contributed by atoms with Gasteiger partial charge in [0.1, 0.15) is 5.75 Å². The predicted octanol–water partition coefficient (Wildman–Crippen LogP) is 2.12. The van der Waals surface area contributed by atoms with Gasteiger partial charge in [0.15, 0.2) is 0 Å². The normalized spacial score (nSPS) is 17.8. The van der Waals surface area contributed by atoms with Gasteiger partial charge in [-0.2, -0.15) is 0 Å². The van der Waals surface area contributed by atoms with Gasteiger partial charge in [-0.25, -0.2) is 0 Å². The molecular formula is C15H21NO3. The summed E-state index contributed by atoms with van der Waals surface area (Å²) in [5.41, 5.74) is 0.161. The first-order valence-electron chi connectivity index (χ1n) is 6.76. The molecule has 1 fully saturated rings. The topological polar surface area (TPSA) is 58.6 Å². The van der Waals surface area contributed by atoms with Crippen LogP contribution in [0.5, 0.6) is 5.75 Å². The summed E-state index contributed by atoms with van der Waals surface area (Å²) in [6.07, 6.45) is 5.00. The van der Waals surface area contributed by atoms with Crippen molar-refractivity contribution in [3.8, 4) is 5.75 Å². The Morgan fingerprint density at radius 2 is 1.89 bits per heavy atom. The van der Waals surface area contributed by atoms with Gasteiger partial charge in [0, 0.05) is 5.56 Å². The Kier molecular flexibility index (Phi) is 4.43. The highest BCUT2D eigenvalue weighted by atomic mass is 16.5. The number of benzene rings is 1. The lowest BCUT2D eigenvalue weighted by Gasteiger charge is -2.36. The molecule has 2 N–H and O–H groups in total. The number of aliphatic hydroxyl groups is 1. The highest BCUT2D eigenvalue weighted by molar-refractivity contribution is 5.94. The summed E-state index contributed by atoms with van der Waals surface area (Å²) in [6.45, 7) is 0.00882. The van der Waals surface area contributed by atoms with Crippen LogP contribution in [0.15, 0.2) is 24.3 Å². The second-order valence-electron chi connectivity index (χ2n) is 5.18. The minimum Gasteiger partial charge on any atom is -0.497 e. The standard InChI is InChI=1S/C15H21NO3/c1-19-13-7-5-12(6-8-13)14(18)16-15(11-17)9-3-2-4-10-15/h5-8,17H,2-4,9-11H2,1H3,(H,16,18). The molecule has 0 spiro atoms. The number of rotatable bonds is 4. The second kappa shape index (κ2) is 6.06. The van der Waals surface area contributed by atoms with Gasteiger partial charge in [0.05, 0.1) is 19.3 Å². The van der Waals surface area contributed by atoms with E-state index in [4.69, 9.17) is 4.74 Å². The molecular weight excluding hydrogens is 242 g/mol. The molecule has 0 unspecified atom stereocenters. The molecule has 2 rings (SSSR count). The van der Waals surface area contributed by atoms with Crippen molar-refractivity contribution < 1.29 is 14.6 Å². The summed E-state index contributed by atoms with van der Waals surface area (Å²) in [4.78, 5) is 12.2. The number of amides is 1. The first-order chi connectivity index (χ1) is 9.19. The van der Waals surface area contributed by atoms with Gasteiger partial charge in [-0.3, -0.25) is 4.79 Å². The van der Waals surface area contributed by atoms with Gasteiger partial charge in [-0.15, -0.1) is 0 Å². The minimum absolute atomic E-state index is 0.00882. The summed E-state index contributed by atoms with van der Waals surface area (Å²) < 4.78 is 5.07. The van der Waals surface area contributed by atoms with Gasteiger partial charge >= 0.3 is 0 Å². The molecule has 1 saturated carbocycles. The largest absolute Gasteiger partial charge is 0.497 e. The lowest BCUT2D eigenvalue weighted by Crippen LogP contribution is -2.52. The highest BCUT2D eigenvalue weighted by Crippen LogP contribution is 2.28. The zero-order valence-electron chi connectivity index (χ0n) is 11.3. The maximum Gasteiger partial charge on any atom is 0.251 e. The van der Waals surface area contributed by atoms with Crippen LogP contribution >= 0.6 is 0 Å². The van der Waals surface area contributed by atoms with E-state index in [1.54, 1.807) is 31.4 Å². The lowest BCUT2D eigenvalue weighted by atomic mass is 9.82. The van der Waals surface area contributed by atoms with Crippen molar-refractivity contribution in [1.29, 1.82) is 0 Å². The summed E-state index contributed by atoms with van der Waals surface area (Å²) in [7, 11) is 1.60. The fourth-order valence-electron chi connectivity index (χ4n) is 2.61. The maximum atomic E-state index is 12.2. The second-order valence-corrected chi connectivity index (χ2v) is 5.18. The highest BCUT2D eigenvalue weighted by Gasteiger charge is 2.33. The van der Waals surface area contributed by atoms with E-state index in [2.05, 4.69) is 5.32 Å². The van der Waals surface area contributed by atoms with E-state index in [0.29, 0.717) is 5.56 Å². The van der Waals surface area contributed by atoms with Crippen molar-refractivity contribution in [3.63, 3.8) is 0 Å². The van der Waals surface area contributed by atoms with Crippen LogP contribution in [0.3, 0.4) is 0 Å². The number of carbonyl (C=O) groups excluding carboxylic acids is 1. The number of aliphatic hydroxyl groups excluding tert-OH is 1. The molecule has 1 aliphatic rings. The Balaban J connectivity index is 2.06. The van der Waals surface area contributed by atoms with Crippen molar-refractivity contribution in [1.82, 2.24) is 5.32 Å². The molecule has 19 heavy (non-hydrogen) atoms. The first kappa shape index (κ1) is 13.9. The molecule has 0 atom stereocenters. The molecule has 0 heterocycles. The first-order valence-corrected chi connectivity index (χ1v) is 6.76. The quantitative estimate of drug-likeness (QED) is 0.874. The van der Waals surface area contributed by atoms with Crippen LogP contribution in [0.4, 0.5) is 0 Å². The van der Waals surface area contributed by atoms with Crippen molar-refractivity contribution in [2.24, 2.45) is 0 Å². The molecule has 1 aliphatic carbocycles. The molecule has 1 aromatic rings. The van der Waals surface area contributed by atoms with Crippen LogP contribution in [0, 0.1) is 0 Å². The van der Waals surface area contributed by atoms with Gasteiger partial charge < -0.3 is 15.2 Å². The average Bonchev–Trinajstić information content (AvgIpc) is 2.48. The Labute approximate surface area is 113 Å². The third-order valence-electron chi connectivity index (χ3n) is 3.84. The predicted molar refractivity (Wildman–Crippen MR) is 73.4 cm³/mol. The third-order valence-corrected chi connectivity index (χ3v) is 3.84.